The zero-order valence-electron chi connectivity index (χ0n) is 8.60. The van der Waals surface area contributed by atoms with E-state index in [-0.39, 0.29) is 5.78 Å². The van der Waals surface area contributed by atoms with Crippen molar-refractivity contribution in [1.82, 2.24) is 14.7 Å². The predicted octanol–water partition coefficient (Wildman–Crippen LogP) is 0.962. The summed E-state index contributed by atoms with van der Waals surface area (Å²) in [6.45, 7) is 6.92. The van der Waals surface area contributed by atoms with E-state index in [1.165, 1.54) is 0 Å². The highest BCUT2D eigenvalue weighted by molar-refractivity contribution is 5.93. The molecule has 0 atom stereocenters. The zero-order valence-corrected chi connectivity index (χ0v) is 8.60. The Labute approximate surface area is 83.5 Å². The van der Waals surface area contributed by atoms with E-state index in [9.17, 15) is 4.79 Å². The van der Waals surface area contributed by atoms with Crippen LogP contribution in [0, 0.1) is 0 Å². The van der Waals surface area contributed by atoms with Crippen LogP contribution in [0.5, 0.6) is 0 Å². The SMILES string of the molecule is CCN1CC(n2cc(C(C)=O)cn2)C1. The van der Waals surface area contributed by atoms with Crippen LogP contribution in [0.2, 0.25) is 0 Å². The lowest BCUT2D eigenvalue weighted by Crippen LogP contribution is -2.47. The van der Waals surface area contributed by atoms with Crippen molar-refractivity contribution >= 4 is 5.78 Å². The molecule has 1 saturated heterocycles. The lowest BCUT2D eigenvalue weighted by atomic mass is 10.1. The molecule has 0 aromatic carbocycles. The van der Waals surface area contributed by atoms with Crippen molar-refractivity contribution in [2.45, 2.75) is 19.9 Å². The van der Waals surface area contributed by atoms with Crippen LogP contribution in [0.25, 0.3) is 0 Å². The number of hydrogen-bond donors (Lipinski definition) is 0. The predicted molar refractivity (Wildman–Crippen MR) is 53.4 cm³/mol. The van der Waals surface area contributed by atoms with Crippen LogP contribution < -0.4 is 0 Å². The standard InChI is InChI=1S/C10H15N3O/c1-3-12-6-10(7-12)13-5-9(4-11-13)8(2)14/h4-5,10H,3,6-7H2,1-2H3. The fourth-order valence-electron chi connectivity index (χ4n) is 1.69. The van der Waals surface area contributed by atoms with E-state index in [0.717, 1.165) is 19.6 Å². The molecule has 1 aromatic rings. The number of ketones is 1. The first-order chi connectivity index (χ1) is 6.70. The van der Waals surface area contributed by atoms with Crippen molar-refractivity contribution < 1.29 is 4.79 Å². The Kier molecular flexibility index (Phi) is 2.37. The van der Waals surface area contributed by atoms with E-state index >= 15 is 0 Å². The number of Topliss-reactive ketones (excluding diaryl/α,β-unsaturated/α-hetero) is 1. The third kappa shape index (κ3) is 1.57. The van der Waals surface area contributed by atoms with Gasteiger partial charge in [0.15, 0.2) is 5.78 Å². The van der Waals surface area contributed by atoms with Crippen molar-refractivity contribution in [2.75, 3.05) is 19.6 Å². The van der Waals surface area contributed by atoms with Gasteiger partial charge in [0, 0.05) is 19.3 Å². The Morgan fingerprint density at radius 2 is 2.36 bits per heavy atom. The second-order valence-corrected chi connectivity index (χ2v) is 3.77. The Bertz CT molecular complexity index is 339. The minimum atomic E-state index is 0.0860. The number of nitrogens with zero attached hydrogens (tertiary/aromatic N) is 3. The van der Waals surface area contributed by atoms with Gasteiger partial charge in [-0.15, -0.1) is 0 Å². The van der Waals surface area contributed by atoms with E-state index in [4.69, 9.17) is 0 Å². The first kappa shape index (κ1) is 9.40. The number of carbonyl (C=O) groups is 1. The van der Waals surface area contributed by atoms with Gasteiger partial charge in [-0.3, -0.25) is 14.4 Å². The molecule has 0 unspecified atom stereocenters. The number of aromatic nitrogens is 2. The molecule has 0 N–H and O–H groups in total. The minimum Gasteiger partial charge on any atom is -0.299 e. The van der Waals surface area contributed by atoms with Gasteiger partial charge in [0.2, 0.25) is 0 Å². The molecular weight excluding hydrogens is 178 g/mol. The monoisotopic (exact) mass is 193 g/mol. The van der Waals surface area contributed by atoms with Gasteiger partial charge in [0.25, 0.3) is 0 Å². The zero-order chi connectivity index (χ0) is 10.1. The largest absolute Gasteiger partial charge is 0.299 e. The first-order valence-electron chi connectivity index (χ1n) is 4.98. The molecular formula is C10H15N3O. The summed E-state index contributed by atoms with van der Waals surface area (Å²) in [6, 6.07) is 0.461. The van der Waals surface area contributed by atoms with Gasteiger partial charge >= 0.3 is 0 Å². The third-order valence-corrected chi connectivity index (χ3v) is 2.77. The number of rotatable bonds is 3. The van der Waals surface area contributed by atoms with Crippen molar-refractivity contribution in [3.05, 3.63) is 18.0 Å². The van der Waals surface area contributed by atoms with E-state index in [1.807, 2.05) is 10.9 Å². The summed E-state index contributed by atoms with van der Waals surface area (Å²) in [7, 11) is 0. The Balaban J connectivity index is 2.01. The maximum atomic E-state index is 11.0. The molecule has 76 valence electrons. The highest BCUT2D eigenvalue weighted by atomic mass is 16.1. The summed E-state index contributed by atoms with van der Waals surface area (Å²) in [5.41, 5.74) is 0.708. The molecule has 4 heteroatoms. The van der Waals surface area contributed by atoms with E-state index in [2.05, 4.69) is 16.9 Å². The van der Waals surface area contributed by atoms with Gasteiger partial charge in [0.05, 0.1) is 17.8 Å². The normalized spacial score (nSPS) is 18.1. The number of likely N-dealkylation sites (N-methyl/N-ethyl adjacent to an activating group) is 1. The van der Waals surface area contributed by atoms with E-state index in [1.54, 1.807) is 13.1 Å². The lowest BCUT2D eigenvalue weighted by molar-refractivity contribution is 0.101. The van der Waals surface area contributed by atoms with Gasteiger partial charge in [0.1, 0.15) is 0 Å². The topological polar surface area (TPSA) is 38.1 Å². The summed E-state index contributed by atoms with van der Waals surface area (Å²) >= 11 is 0. The fraction of sp³-hybridized carbons (Fsp3) is 0.600. The molecule has 2 heterocycles. The highest BCUT2D eigenvalue weighted by Crippen LogP contribution is 2.19. The van der Waals surface area contributed by atoms with Crippen LogP contribution in [0.4, 0.5) is 0 Å². The summed E-state index contributed by atoms with van der Waals surface area (Å²) in [5.74, 6) is 0.0860. The van der Waals surface area contributed by atoms with Gasteiger partial charge in [-0.1, -0.05) is 6.92 Å². The molecule has 0 bridgehead atoms. The second kappa shape index (κ2) is 3.53. The average molecular weight is 193 g/mol. The molecule has 4 nitrogen and oxygen atoms in total. The molecule has 0 radical (unpaired) electrons. The van der Waals surface area contributed by atoms with E-state index in [0.29, 0.717) is 11.6 Å². The minimum absolute atomic E-state index is 0.0860. The summed E-state index contributed by atoms with van der Waals surface area (Å²) < 4.78 is 1.91. The van der Waals surface area contributed by atoms with Crippen LogP contribution in [-0.4, -0.2) is 40.1 Å². The van der Waals surface area contributed by atoms with Crippen LogP contribution in [0.3, 0.4) is 0 Å². The molecule has 0 spiro atoms. The van der Waals surface area contributed by atoms with Crippen LogP contribution >= 0.6 is 0 Å². The lowest BCUT2D eigenvalue weighted by Gasteiger charge is -2.38. The van der Waals surface area contributed by atoms with Crippen molar-refractivity contribution in [3.8, 4) is 0 Å². The molecule has 1 fully saturated rings. The maximum Gasteiger partial charge on any atom is 0.162 e. The highest BCUT2D eigenvalue weighted by Gasteiger charge is 2.27. The molecule has 0 saturated carbocycles. The third-order valence-electron chi connectivity index (χ3n) is 2.77. The number of hydrogen-bond acceptors (Lipinski definition) is 3. The summed E-state index contributed by atoms with van der Waals surface area (Å²) in [5, 5.41) is 4.20. The molecule has 0 aliphatic carbocycles. The van der Waals surface area contributed by atoms with Crippen molar-refractivity contribution in [2.24, 2.45) is 0 Å². The maximum absolute atomic E-state index is 11.0. The van der Waals surface area contributed by atoms with Crippen LogP contribution in [-0.2, 0) is 0 Å². The van der Waals surface area contributed by atoms with Gasteiger partial charge in [-0.2, -0.15) is 5.10 Å². The molecule has 1 aliphatic heterocycles. The van der Waals surface area contributed by atoms with Crippen molar-refractivity contribution in [3.63, 3.8) is 0 Å². The van der Waals surface area contributed by atoms with E-state index < -0.39 is 0 Å². The van der Waals surface area contributed by atoms with Gasteiger partial charge < -0.3 is 0 Å². The second-order valence-electron chi connectivity index (χ2n) is 3.77. The Morgan fingerprint density at radius 1 is 1.64 bits per heavy atom. The Morgan fingerprint density at radius 3 is 2.86 bits per heavy atom. The fourth-order valence-corrected chi connectivity index (χ4v) is 1.69. The van der Waals surface area contributed by atoms with Gasteiger partial charge in [-0.25, -0.2) is 0 Å². The molecule has 0 amide bonds. The average Bonchev–Trinajstić information content (AvgIpc) is 2.51. The number of carbonyl (C=O) groups excluding carboxylic acids is 1. The Hall–Kier alpha value is -1.16. The molecule has 2 rings (SSSR count). The van der Waals surface area contributed by atoms with Crippen LogP contribution in [0.15, 0.2) is 12.4 Å². The molecule has 14 heavy (non-hydrogen) atoms. The van der Waals surface area contributed by atoms with Crippen molar-refractivity contribution in [1.29, 1.82) is 0 Å². The quantitative estimate of drug-likeness (QED) is 0.671. The van der Waals surface area contributed by atoms with Crippen LogP contribution in [0.1, 0.15) is 30.2 Å². The molecule has 1 aromatic heterocycles. The smallest absolute Gasteiger partial charge is 0.162 e. The molecule has 1 aliphatic rings. The summed E-state index contributed by atoms with van der Waals surface area (Å²) in [6.07, 6.45) is 3.50. The van der Waals surface area contributed by atoms with Gasteiger partial charge in [-0.05, 0) is 13.5 Å². The first-order valence-corrected chi connectivity index (χ1v) is 4.98. The number of likely N-dealkylation sites (tertiary alicyclic amines) is 1. The summed E-state index contributed by atoms with van der Waals surface area (Å²) in [4.78, 5) is 13.4.